The van der Waals surface area contributed by atoms with Crippen LogP contribution in [0.4, 0.5) is 0 Å². The van der Waals surface area contributed by atoms with E-state index >= 15 is 0 Å². The van der Waals surface area contributed by atoms with Crippen LogP contribution in [0.2, 0.25) is 0 Å². The maximum absolute atomic E-state index is 3.12. The van der Waals surface area contributed by atoms with E-state index in [0.29, 0.717) is 0 Å². The van der Waals surface area contributed by atoms with E-state index in [1.165, 1.54) is 51.4 Å². The van der Waals surface area contributed by atoms with Gasteiger partial charge in [-0.2, -0.15) is 0 Å². The van der Waals surface area contributed by atoms with Gasteiger partial charge < -0.3 is 0 Å². The summed E-state index contributed by atoms with van der Waals surface area (Å²) in [5.74, 6) is 0.834. The summed E-state index contributed by atoms with van der Waals surface area (Å²) in [6.45, 7) is 0. The van der Waals surface area contributed by atoms with Crippen molar-refractivity contribution in [3.63, 3.8) is 0 Å². The van der Waals surface area contributed by atoms with Crippen LogP contribution in [0.1, 0.15) is 62.8 Å². The Kier molecular flexibility index (Phi) is 2.75. The van der Waals surface area contributed by atoms with E-state index < -0.39 is 0 Å². The average Bonchev–Trinajstić information content (AvgIpc) is 2.80. The molecular formula is C16H21. The molecule has 2 fully saturated rings. The Morgan fingerprint density at radius 3 is 2.19 bits per heavy atom. The molecule has 0 heterocycles. The van der Waals surface area contributed by atoms with Crippen LogP contribution in [0, 0.1) is 11.5 Å². The normalized spacial score (nSPS) is 25.0. The van der Waals surface area contributed by atoms with Gasteiger partial charge in [-0.25, -0.2) is 0 Å². The van der Waals surface area contributed by atoms with E-state index in [2.05, 4.69) is 30.3 Å². The van der Waals surface area contributed by atoms with Gasteiger partial charge >= 0.3 is 0 Å². The lowest BCUT2D eigenvalue weighted by Gasteiger charge is -2.37. The maximum Gasteiger partial charge on any atom is -0.0162 e. The van der Waals surface area contributed by atoms with Crippen LogP contribution >= 0.6 is 0 Å². The van der Waals surface area contributed by atoms with Gasteiger partial charge in [-0.1, -0.05) is 37.1 Å². The SMILES string of the molecule is [c]1ccc(C2CCC3(CCCC3)CC2)cc1. The first-order valence-electron chi connectivity index (χ1n) is 6.84. The van der Waals surface area contributed by atoms with Gasteiger partial charge in [0.15, 0.2) is 0 Å². The van der Waals surface area contributed by atoms with Crippen molar-refractivity contribution in [3.8, 4) is 0 Å². The van der Waals surface area contributed by atoms with Crippen LogP contribution in [0.5, 0.6) is 0 Å². The Bertz CT molecular complexity index is 322. The molecule has 1 aromatic carbocycles. The largest absolute Gasteiger partial charge is 0.0581 e. The molecule has 3 rings (SSSR count). The van der Waals surface area contributed by atoms with Gasteiger partial charge in [0.25, 0.3) is 0 Å². The zero-order valence-electron chi connectivity index (χ0n) is 10.0. The lowest BCUT2D eigenvalue weighted by atomic mass is 9.68. The standard InChI is InChI=1S/C16H21/c1-2-6-14(7-3-1)15-8-12-16(13-9-15)10-4-5-11-16/h2-3,6-7,15H,4-5,8-13H2. The summed E-state index contributed by atoms with van der Waals surface area (Å²) in [6, 6.07) is 11.8. The van der Waals surface area contributed by atoms with E-state index in [0.717, 1.165) is 11.3 Å². The minimum Gasteiger partial charge on any atom is -0.0581 e. The van der Waals surface area contributed by atoms with Crippen LogP contribution < -0.4 is 0 Å². The molecule has 2 saturated carbocycles. The highest BCUT2D eigenvalue weighted by Crippen LogP contribution is 2.52. The fourth-order valence-electron chi connectivity index (χ4n) is 3.86. The van der Waals surface area contributed by atoms with E-state index in [9.17, 15) is 0 Å². The molecule has 2 aliphatic rings. The summed E-state index contributed by atoms with van der Waals surface area (Å²) in [5, 5.41) is 0. The van der Waals surface area contributed by atoms with E-state index in [1.807, 2.05) is 0 Å². The van der Waals surface area contributed by atoms with Crippen LogP contribution in [0.15, 0.2) is 24.3 Å². The average molecular weight is 213 g/mol. The van der Waals surface area contributed by atoms with Gasteiger partial charge in [-0.15, -0.1) is 0 Å². The Morgan fingerprint density at radius 2 is 1.56 bits per heavy atom. The van der Waals surface area contributed by atoms with Crippen molar-refractivity contribution < 1.29 is 0 Å². The first-order valence-corrected chi connectivity index (χ1v) is 6.84. The molecule has 0 unspecified atom stereocenters. The summed E-state index contributed by atoms with van der Waals surface area (Å²) in [5.41, 5.74) is 2.32. The second-order valence-electron chi connectivity index (χ2n) is 5.81. The number of benzene rings is 1. The summed E-state index contributed by atoms with van der Waals surface area (Å²) in [6.07, 6.45) is 11.8. The lowest BCUT2D eigenvalue weighted by molar-refractivity contribution is 0.181. The quantitative estimate of drug-likeness (QED) is 0.634. The molecule has 0 aliphatic heterocycles. The minimum atomic E-state index is 0.775. The molecule has 0 aromatic heterocycles. The molecule has 0 bridgehead atoms. The van der Waals surface area contributed by atoms with Gasteiger partial charge in [0, 0.05) is 0 Å². The van der Waals surface area contributed by atoms with Crippen molar-refractivity contribution in [1.82, 2.24) is 0 Å². The van der Waals surface area contributed by atoms with Crippen LogP contribution in [-0.4, -0.2) is 0 Å². The van der Waals surface area contributed by atoms with E-state index in [-0.39, 0.29) is 0 Å². The van der Waals surface area contributed by atoms with Crippen LogP contribution in [0.3, 0.4) is 0 Å². The molecule has 0 amide bonds. The molecule has 0 atom stereocenters. The predicted molar refractivity (Wildman–Crippen MR) is 67.4 cm³/mol. The second kappa shape index (κ2) is 4.24. The zero-order valence-corrected chi connectivity index (χ0v) is 10.0. The molecule has 0 N–H and O–H groups in total. The van der Waals surface area contributed by atoms with Crippen molar-refractivity contribution in [2.45, 2.75) is 57.3 Å². The third-order valence-corrected chi connectivity index (χ3v) is 4.93. The highest BCUT2D eigenvalue weighted by Gasteiger charge is 2.37. The fourth-order valence-corrected chi connectivity index (χ4v) is 3.86. The number of rotatable bonds is 1. The molecule has 1 spiro atoms. The second-order valence-corrected chi connectivity index (χ2v) is 5.81. The first kappa shape index (κ1) is 10.4. The fraction of sp³-hybridized carbons (Fsp3) is 0.625. The van der Waals surface area contributed by atoms with Gasteiger partial charge in [0.1, 0.15) is 0 Å². The molecule has 85 valence electrons. The Morgan fingerprint density at radius 1 is 0.938 bits per heavy atom. The molecule has 0 nitrogen and oxygen atoms in total. The Hall–Kier alpha value is -0.780. The zero-order chi connectivity index (χ0) is 10.8. The molecule has 2 aliphatic carbocycles. The smallest absolute Gasteiger partial charge is 0.0162 e. The molecule has 1 radical (unpaired) electrons. The maximum atomic E-state index is 3.12. The molecule has 1 aromatic rings. The summed E-state index contributed by atoms with van der Waals surface area (Å²) < 4.78 is 0. The Labute approximate surface area is 99.1 Å². The van der Waals surface area contributed by atoms with Crippen molar-refractivity contribution in [1.29, 1.82) is 0 Å². The molecule has 16 heavy (non-hydrogen) atoms. The van der Waals surface area contributed by atoms with Crippen molar-refractivity contribution in [2.75, 3.05) is 0 Å². The summed E-state index contributed by atoms with van der Waals surface area (Å²) in [7, 11) is 0. The Balaban J connectivity index is 1.66. The van der Waals surface area contributed by atoms with Gasteiger partial charge in [0.05, 0.1) is 0 Å². The number of hydrogen-bond acceptors (Lipinski definition) is 0. The third kappa shape index (κ3) is 1.90. The van der Waals surface area contributed by atoms with Gasteiger partial charge in [-0.05, 0) is 61.5 Å². The van der Waals surface area contributed by atoms with Gasteiger partial charge in [0.2, 0.25) is 0 Å². The lowest BCUT2D eigenvalue weighted by Crippen LogP contribution is -2.23. The molecular weight excluding hydrogens is 192 g/mol. The molecule has 0 heteroatoms. The van der Waals surface area contributed by atoms with Crippen molar-refractivity contribution in [3.05, 3.63) is 35.9 Å². The van der Waals surface area contributed by atoms with Crippen LogP contribution in [-0.2, 0) is 0 Å². The van der Waals surface area contributed by atoms with Gasteiger partial charge in [-0.3, -0.25) is 0 Å². The third-order valence-electron chi connectivity index (χ3n) is 4.93. The highest BCUT2D eigenvalue weighted by atomic mass is 14.4. The summed E-state index contributed by atoms with van der Waals surface area (Å²) in [4.78, 5) is 0. The predicted octanol–water partition coefficient (Wildman–Crippen LogP) is 4.70. The van der Waals surface area contributed by atoms with E-state index in [1.54, 1.807) is 5.56 Å². The highest BCUT2D eigenvalue weighted by molar-refractivity contribution is 5.19. The molecule has 0 saturated heterocycles. The topological polar surface area (TPSA) is 0 Å². The van der Waals surface area contributed by atoms with Crippen molar-refractivity contribution in [2.24, 2.45) is 5.41 Å². The van der Waals surface area contributed by atoms with Crippen LogP contribution in [0.25, 0.3) is 0 Å². The summed E-state index contributed by atoms with van der Waals surface area (Å²) >= 11 is 0. The first-order chi connectivity index (χ1) is 7.88. The monoisotopic (exact) mass is 213 g/mol. The van der Waals surface area contributed by atoms with E-state index in [4.69, 9.17) is 0 Å². The van der Waals surface area contributed by atoms with Crippen molar-refractivity contribution >= 4 is 0 Å². The number of hydrogen-bond donors (Lipinski definition) is 0. The minimum absolute atomic E-state index is 0.775.